The Hall–Kier alpha value is -1.44. The van der Waals surface area contributed by atoms with Gasteiger partial charge in [-0.3, -0.25) is 0 Å². The van der Waals surface area contributed by atoms with Crippen molar-refractivity contribution in [3.8, 4) is 0 Å². The van der Waals surface area contributed by atoms with Gasteiger partial charge in [0.2, 0.25) is 0 Å². The number of allylic oxidation sites excluding steroid dienone is 4. The van der Waals surface area contributed by atoms with E-state index in [9.17, 15) is 0 Å². The van der Waals surface area contributed by atoms with E-state index in [2.05, 4.69) is 48.8 Å². The highest BCUT2D eigenvalue weighted by Crippen LogP contribution is 2.25. The molecular weight excluding hydrogens is 184 g/mol. The Bertz CT molecular complexity index is 318. The Kier molecular flexibility index (Phi) is 2.43. The molecule has 0 radical (unpaired) electrons. The molecule has 2 heteroatoms. The van der Waals surface area contributed by atoms with E-state index >= 15 is 0 Å². The predicted molar refractivity (Wildman–Crippen MR) is 64.3 cm³/mol. The van der Waals surface area contributed by atoms with Crippen molar-refractivity contribution in [2.24, 2.45) is 0 Å². The van der Waals surface area contributed by atoms with Crippen LogP contribution in [0.15, 0.2) is 48.9 Å². The summed E-state index contributed by atoms with van der Waals surface area (Å²) in [7, 11) is 0. The van der Waals surface area contributed by atoms with Crippen molar-refractivity contribution in [3.63, 3.8) is 0 Å². The average molecular weight is 202 g/mol. The van der Waals surface area contributed by atoms with Crippen LogP contribution in [0.3, 0.4) is 0 Å². The van der Waals surface area contributed by atoms with Crippen molar-refractivity contribution in [1.82, 2.24) is 10.6 Å². The largest absolute Gasteiger partial charge is 0.382 e. The number of dihydropyridines is 2. The average Bonchev–Trinajstić information content (AvgIpc) is 2.18. The van der Waals surface area contributed by atoms with Gasteiger partial charge in [-0.25, -0.2) is 0 Å². The maximum absolute atomic E-state index is 3.40. The Morgan fingerprint density at radius 1 is 0.800 bits per heavy atom. The lowest BCUT2D eigenvalue weighted by molar-refractivity contribution is 0.340. The minimum Gasteiger partial charge on any atom is -0.382 e. The molecule has 0 spiro atoms. The second-order valence-corrected chi connectivity index (χ2v) is 4.74. The number of rotatable bonds is 2. The summed E-state index contributed by atoms with van der Waals surface area (Å²) in [6.07, 6.45) is 17.7. The Morgan fingerprint density at radius 2 is 1.27 bits per heavy atom. The summed E-state index contributed by atoms with van der Waals surface area (Å²) < 4.78 is 0. The van der Waals surface area contributed by atoms with Gasteiger partial charge in [0.05, 0.1) is 11.1 Å². The molecule has 0 aromatic carbocycles. The standard InChI is InChI=1S/C13H18N2/c1-12(7-3-5-9-14-12)11-13(2)8-4-6-10-15-13/h3-10,14-15H,11H2,1-2H3. The van der Waals surface area contributed by atoms with E-state index in [-0.39, 0.29) is 11.1 Å². The topological polar surface area (TPSA) is 24.1 Å². The predicted octanol–water partition coefficient (Wildman–Crippen LogP) is 2.24. The summed E-state index contributed by atoms with van der Waals surface area (Å²) in [5.41, 5.74) is 0.0675. The summed E-state index contributed by atoms with van der Waals surface area (Å²) in [6.45, 7) is 4.43. The zero-order chi connectivity index (χ0) is 10.8. The van der Waals surface area contributed by atoms with Crippen LogP contribution in [0.2, 0.25) is 0 Å². The zero-order valence-electron chi connectivity index (χ0n) is 9.33. The highest BCUT2D eigenvalue weighted by Gasteiger charge is 2.31. The molecular formula is C13H18N2. The van der Waals surface area contributed by atoms with Crippen LogP contribution >= 0.6 is 0 Å². The fraction of sp³-hybridized carbons (Fsp3) is 0.385. The van der Waals surface area contributed by atoms with E-state index in [4.69, 9.17) is 0 Å². The molecule has 0 aromatic rings. The Balaban J connectivity index is 2.08. The number of nitrogens with one attached hydrogen (secondary N) is 2. The van der Waals surface area contributed by atoms with Gasteiger partial charge in [-0.05, 0) is 38.4 Å². The SMILES string of the molecule is CC1(CC2(C)C=CC=CN2)C=CC=CN1. The summed E-state index contributed by atoms with van der Waals surface area (Å²) >= 11 is 0. The molecule has 2 N–H and O–H groups in total. The summed E-state index contributed by atoms with van der Waals surface area (Å²) in [5, 5.41) is 6.81. The van der Waals surface area contributed by atoms with Crippen molar-refractivity contribution in [2.45, 2.75) is 31.3 Å². The lowest BCUT2D eigenvalue weighted by Gasteiger charge is -2.38. The van der Waals surface area contributed by atoms with Gasteiger partial charge < -0.3 is 10.6 Å². The normalized spacial score (nSPS) is 37.5. The van der Waals surface area contributed by atoms with Crippen LogP contribution in [0.1, 0.15) is 20.3 Å². The first-order chi connectivity index (χ1) is 7.12. The molecule has 0 aromatic heterocycles. The first-order valence-corrected chi connectivity index (χ1v) is 5.36. The molecule has 2 nitrogen and oxygen atoms in total. The second kappa shape index (κ2) is 3.61. The molecule has 2 atom stereocenters. The van der Waals surface area contributed by atoms with Crippen molar-refractivity contribution >= 4 is 0 Å². The van der Waals surface area contributed by atoms with Crippen LogP contribution in [0.4, 0.5) is 0 Å². The highest BCUT2D eigenvalue weighted by molar-refractivity contribution is 5.25. The monoisotopic (exact) mass is 202 g/mol. The van der Waals surface area contributed by atoms with Crippen molar-refractivity contribution in [3.05, 3.63) is 48.9 Å². The molecule has 2 unspecified atom stereocenters. The van der Waals surface area contributed by atoms with Crippen molar-refractivity contribution in [1.29, 1.82) is 0 Å². The quantitative estimate of drug-likeness (QED) is 0.717. The third kappa shape index (κ3) is 2.32. The summed E-state index contributed by atoms with van der Waals surface area (Å²) in [4.78, 5) is 0. The molecule has 2 heterocycles. The van der Waals surface area contributed by atoms with Crippen LogP contribution < -0.4 is 10.6 Å². The molecule has 80 valence electrons. The molecule has 0 aliphatic carbocycles. The van der Waals surface area contributed by atoms with Crippen LogP contribution in [0.5, 0.6) is 0 Å². The van der Waals surface area contributed by atoms with Gasteiger partial charge in [-0.2, -0.15) is 0 Å². The van der Waals surface area contributed by atoms with Gasteiger partial charge in [0.15, 0.2) is 0 Å². The summed E-state index contributed by atoms with van der Waals surface area (Å²) in [5.74, 6) is 0. The molecule has 2 aliphatic heterocycles. The summed E-state index contributed by atoms with van der Waals surface area (Å²) in [6, 6.07) is 0. The third-order valence-electron chi connectivity index (χ3n) is 2.90. The third-order valence-corrected chi connectivity index (χ3v) is 2.90. The van der Waals surface area contributed by atoms with E-state index in [0.29, 0.717) is 0 Å². The Morgan fingerprint density at radius 3 is 1.60 bits per heavy atom. The van der Waals surface area contributed by atoms with Crippen LogP contribution in [0.25, 0.3) is 0 Å². The maximum atomic E-state index is 3.40. The molecule has 2 rings (SSSR count). The van der Waals surface area contributed by atoms with Gasteiger partial charge in [-0.1, -0.05) is 24.3 Å². The first-order valence-electron chi connectivity index (χ1n) is 5.36. The fourth-order valence-electron chi connectivity index (χ4n) is 2.20. The molecule has 0 amide bonds. The lowest BCUT2D eigenvalue weighted by Crippen LogP contribution is -2.50. The second-order valence-electron chi connectivity index (χ2n) is 4.74. The zero-order valence-corrected chi connectivity index (χ0v) is 9.33. The van der Waals surface area contributed by atoms with E-state index in [1.54, 1.807) is 0 Å². The first kappa shape index (κ1) is 10.1. The van der Waals surface area contributed by atoms with Crippen LogP contribution in [0, 0.1) is 0 Å². The maximum Gasteiger partial charge on any atom is 0.0550 e. The van der Waals surface area contributed by atoms with Gasteiger partial charge in [0.1, 0.15) is 0 Å². The van der Waals surface area contributed by atoms with Gasteiger partial charge in [0, 0.05) is 6.42 Å². The number of hydrogen-bond donors (Lipinski definition) is 2. The smallest absolute Gasteiger partial charge is 0.0550 e. The van der Waals surface area contributed by atoms with Gasteiger partial charge in [0.25, 0.3) is 0 Å². The van der Waals surface area contributed by atoms with Crippen LogP contribution in [-0.2, 0) is 0 Å². The molecule has 0 fully saturated rings. The molecule has 2 aliphatic rings. The molecule has 0 saturated heterocycles. The van der Waals surface area contributed by atoms with Gasteiger partial charge >= 0.3 is 0 Å². The fourth-order valence-corrected chi connectivity index (χ4v) is 2.20. The van der Waals surface area contributed by atoms with Crippen molar-refractivity contribution < 1.29 is 0 Å². The van der Waals surface area contributed by atoms with Crippen LogP contribution in [-0.4, -0.2) is 11.1 Å². The van der Waals surface area contributed by atoms with Crippen molar-refractivity contribution in [2.75, 3.05) is 0 Å². The Labute approximate surface area is 91.4 Å². The highest BCUT2D eigenvalue weighted by atomic mass is 15.0. The lowest BCUT2D eigenvalue weighted by atomic mass is 9.82. The minimum atomic E-state index is 0.0337. The molecule has 0 bridgehead atoms. The van der Waals surface area contributed by atoms with E-state index < -0.39 is 0 Å². The van der Waals surface area contributed by atoms with E-state index in [1.165, 1.54) is 0 Å². The number of hydrogen-bond acceptors (Lipinski definition) is 2. The van der Waals surface area contributed by atoms with E-state index in [0.717, 1.165) is 6.42 Å². The van der Waals surface area contributed by atoms with E-state index in [1.807, 2.05) is 24.6 Å². The molecule has 0 saturated carbocycles. The molecule has 15 heavy (non-hydrogen) atoms. The minimum absolute atomic E-state index is 0.0337. The van der Waals surface area contributed by atoms with Gasteiger partial charge in [-0.15, -0.1) is 0 Å².